The Morgan fingerprint density at radius 1 is 1.56 bits per heavy atom. The van der Waals surface area contributed by atoms with Gasteiger partial charge in [-0.15, -0.1) is 0 Å². The molecule has 0 aliphatic carbocycles. The molecule has 88 valence electrons. The standard InChI is InChI=1S/C12H20N4/c1-9-5-6-14-12(15-9)16-7-3-4-11(8-16)10(2)13/h5-6,10-11H,3-4,7-8,13H2,1-2H3. The summed E-state index contributed by atoms with van der Waals surface area (Å²) in [6.07, 6.45) is 4.23. The van der Waals surface area contributed by atoms with Crippen molar-refractivity contribution in [3.63, 3.8) is 0 Å². The molecule has 0 radical (unpaired) electrons. The number of aryl methyl sites for hydroxylation is 1. The van der Waals surface area contributed by atoms with Crippen molar-refractivity contribution >= 4 is 5.95 Å². The van der Waals surface area contributed by atoms with Crippen molar-refractivity contribution in [2.24, 2.45) is 11.7 Å². The van der Waals surface area contributed by atoms with Crippen LogP contribution < -0.4 is 10.6 Å². The average molecular weight is 220 g/mol. The number of piperidine rings is 1. The number of hydrogen-bond donors (Lipinski definition) is 1. The topological polar surface area (TPSA) is 55.0 Å². The predicted molar refractivity (Wildman–Crippen MR) is 65.4 cm³/mol. The third-order valence-electron chi connectivity index (χ3n) is 3.27. The van der Waals surface area contributed by atoms with Gasteiger partial charge in [0.05, 0.1) is 0 Å². The first kappa shape index (κ1) is 11.3. The molecule has 4 nitrogen and oxygen atoms in total. The molecule has 0 spiro atoms. The van der Waals surface area contributed by atoms with Gasteiger partial charge in [0.15, 0.2) is 0 Å². The molecule has 1 fully saturated rings. The van der Waals surface area contributed by atoms with Crippen molar-refractivity contribution in [1.29, 1.82) is 0 Å². The van der Waals surface area contributed by atoms with E-state index < -0.39 is 0 Å². The number of nitrogens with two attached hydrogens (primary N) is 1. The lowest BCUT2D eigenvalue weighted by molar-refractivity contribution is 0.361. The molecule has 1 aliphatic rings. The van der Waals surface area contributed by atoms with Gasteiger partial charge < -0.3 is 10.6 Å². The molecular formula is C12H20N4. The van der Waals surface area contributed by atoms with E-state index in [2.05, 4.69) is 21.8 Å². The van der Waals surface area contributed by atoms with E-state index in [9.17, 15) is 0 Å². The highest BCUT2D eigenvalue weighted by Gasteiger charge is 2.23. The van der Waals surface area contributed by atoms with Gasteiger partial charge in [-0.1, -0.05) is 0 Å². The van der Waals surface area contributed by atoms with Crippen LogP contribution in [0.1, 0.15) is 25.5 Å². The SMILES string of the molecule is Cc1ccnc(N2CCCC(C(C)N)C2)n1. The molecule has 2 rings (SSSR count). The van der Waals surface area contributed by atoms with E-state index in [0.717, 1.165) is 24.7 Å². The molecule has 1 aliphatic heterocycles. The molecule has 4 heteroatoms. The quantitative estimate of drug-likeness (QED) is 0.817. The van der Waals surface area contributed by atoms with Crippen LogP contribution in [0.2, 0.25) is 0 Å². The predicted octanol–water partition coefficient (Wildman–Crippen LogP) is 1.35. The summed E-state index contributed by atoms with van der Waals surface area (Å²) in [5.74, 6) is 1.42. The average Bonchev–Trinajstić information content (AvgIpc) is 2.29. The third-order valence-corrected chi connectivity index (χ3v) is 3.27. The van der Waals surface area contributed by atoms with E-state index in [4.69, 9.17) is 5.73 Å². The van der Waals surface area contributed by atoms with Crippen LogP contribution in [0.3, 0.4) is 0 Å². The van der Waals surface area contributed by atoms with Gasteiger partial charge in [-0.05, 0) is 38.7 Å². The van der Waals surface area contributed by atoms with E-state index in [0.29, 0.717) is 5.92 Å². The fourth-order valence-corrected chi connectivity index (χ4v) is 2.21. The lowest BCUT2D eigenvalue weighted by Crippen LogP contribution is -2.43. The van der Waals surface area contributed by atoms with Gasteiger partial charge in [0.2, 0.25) is 5.95 Å². The minimum Gasteiger partial charge on any atom is -0.340 e. The van der Waals surface area contributed by atoms with Crippen molar-refractivity contribution in [3.05, 3.63) is 18.0 Å². The maximum Gasteiger partial charge on any atom is 0.225 e. The summed E-state index contributed by atoms with van der Waals surface area (Å²) in [5.41, 5.74) is 6.99. The highest BCUT2D eigenvalue weighted by Crippen LogP contribution is 2.21. The van der Waals surface area contributed by atoms with Crippen molar-refractivity contribution in [1.82, 2.24) is 9.97 Å². The van der Waals surface area contributed by atoms with Crippen LogP contribution in [-0.4, -0.2) is 29.1 Å². The summed E-state index contributed by atoms with van der Waals surface area (Å²) in [6, 6.07) is 2.18. The van der Waals surface area contributed by atoms with Crippen LogP contribution in [0, 0.1) is 12.8 Å². The Morgan fingerprint density at radius 3 is 3.06 bits per heavy atom. The Morgan fingerprint density at radius 2 is 2.38 bits per heavy atom. The van der Waals surface area contributed by atoms with Crippen LogP contribution in [-0.2, 0) is 0 Å². The zero-order valence-corrected chi connectivity index (χ0v) is 10.1. The molecule has 0 bridgehead atoms. The van der Waals surface area contributed by atoms with E-state index in [-0.39, 0.29) is 6.04 Å². The van der Waals surface area contributed by atoms with Gasteiger partial charge in [0.1, 0.15) is 0 Å². The summed E-state index contributed by atoms with van der Waals surface area (Å²) < 4.78 is 0. The van der Waals surface area contributed by atoms with Crippen LogP contribution in [0.25, 0.3) is 0 Å². The normalized spacial score (nSPS) is 23.2. The number of nitrogens with zero attached hydrogens (tertiary/aromatic N) is 3. The second-order valence-corrected chi connectivity index (χ2v) is 4.71. The Labute approximate surface area is 96.9 Å². The smallest absolute Gasteiger partial charge is 0.225 e. The van der Waals surface area contributed by atoms with Crippen LogP contribution >= 0.6 is 0 Å². The molecule has 1 aromatic rings. The molecular weight excluding hydrogens is 200 g/mol. The van der Waals surface area contributed by atoms with Crippen molar-refractivity contribution in [3.8, 4) is 0 Å². The minimum atomic E-state index is 0.257. The highest BCUT2D eigenvalue weighted by atomic mass is 15.3. The minimum absolute atomic E-state index is 0.257. The molecule has 2 N–H and O–H groups in total. The molecule has 1 saturated heterocycles. The molecule has 1 aromatic heterocycles. The number of hydrogen-bond acceptors (Lipinski definition) is 4. The van der Waals surface area contributed by atoms with Gasteiger partial charge >= 0.3 is 0 Å². The number of aromatic nitrogens is 2. The number of rotatable bonds is 2. The van der Waals surface area contributed by atoms with Crippen molar-refractivity contribution in [2.45, 2.75) is 32.7 Å². The molecule has 16 heavy (non-hydrogen) atoms. The van der Waals surface area contributed by atoms with Gasteiger partial charge in [0.25, 0.3) is 0 Å². The lowest BCUT2D eigenvalue weighted by atomic mass is 9.92. The maximum atomic E-state index is 5.97. The molecule has 2 heterocycles. The first-order valence-electron chi connectivity index (χ1n) is 5.97. The molecule has 2 atom stereocenters. The van der Waals surface area contributed by atoms with Crippen molar-refractivity contribution in [2.75, 3.05) is 18.0 Å². The lowest BCUT2D eigenvalue weighted by Gasteiger charge is -2.34. The zero-order chi connectivity index (χ0) is 11.5. The monoisotopic (exact) mass is 220 g/mol. The van der Waals surface area contributed by atoms with Crippen LogP contribution in [0.5, 0.6) is 0 Å². The summed E-state index contributed by atoms with van der Waals surface area (Å²) in [7, 11) is 0. The summed E-state index contributed by atoms with van der Waals surface area (Å²) in [4.78, 5) is 11.1. The molecule has 0 aromatic carbocycles. The Kier molecular flexibility index (Phi) is 3.39. The highest BCUT2D eigenvalue weighted by molar-refractivity contribution is 5.30. The largest absolute Gasteiger partial charge is 0.340 e. The zero-order valence-electron chi connectivity index (χ0n) is 10.1. The molecule has 0 amide bonds. The van der Waals surface area contributed by atoms with Gasteiger partial charge in [-0.25, -0.2) is 9.97 Å². The van der Waals surface area contributed by atoms with Crippen LogP contribution in [0.15, 0.2) is 12.3 Å². The molecule has 2 unspecified atom stereocenters. The first-order chi connectivity index (χ1) is 7.66. The van der Waals surface area contributed by atoms with Gasteiger partial charge in [-0.3, -0.25) is 0 Å². The second-order valence-electron chi connectivity index (χ2n) is 4.71. The fourth-order valence-electron chi connectivity index (χ4n) is 2.21. The number of anilines is 1. The summed E-state index contributed by atoms with van der Waals surface area (Å²) >= 11 is 0. The summed E-state index contributed by atoms with van der Waals surface area (Å²) in [6.45, 7) is 6.12. The van der Waals surface area contributed by atoms with E-state index >= 15 is 0 Å². The van der Waals surface area contributed by atoms with Crippen molar-refractivity contribution < 1.29 is 0 Å². The third kappa shape index (κ3) is 2.50. The molecule has 0 saturated carbocycles. The van der Waals surface area contributed by atoms with Gasteiger partial charge in [0, 0.05) is 31.0 Å². The van der Waals surface area contributed by atoms with Crippen LogP contribution in [0.4, 0.5) is 5.95 Å². The fraction of sp³-hybridized carbons (Fsp3) is 0.667. The summed E-state index contributed by atoms with van der Waals surface area (Å²) in [5, 5.41) is 0. The maximum absolute atomic E-state index is 5.97. The first-order valence-corrected chi connectivity index (χ1v) is 5.97. The van der Waals surface area contributed by atoms with Gasteiger partial charge in [-0.2, -0.15) is 0 Å². The van der Waals surface area contributed by atoms with E-state index in [1.165, 1.54) is 12.8 Å². The Balaban J connectivity index is 2.09. The Hall–Kier alpha value is -1.16. The van der Waals surface area contributed by atoms with E-state index in [1.807, 2.05) is 19.2 Å². The second kappa shape index (κ2) is 4.78. The Bertz CT molecular complexity index is 351. The van der Waals surface area contributed by atoms with E-state index in [1.54, 1.807) is 0 Å².